The summed E-state index contributed by atoms with van der Waals surface area (Å²) >= 11 is 0. The normalized spacial score (nSPS) is 25.0. The van der Waals surface area contributed by atoms with Gasteiger partial charge in [-0.05, 0) is 36.3 Å². The number of nitrogens with two attached hydrogens (primary N) is 1. The lowest BCUT2D eigenvalue weighted by atomic mass is 9.98. The highest BCUT2D eigenvalue weighted by Gasteiger charge is 2.42. The van der Waals surface area contributed by atoms with Gasteiger partial charge in [0.15, 0.2) is 0 Å². The monoisotopic (exact) mass is 337 g/mol. The van der Waals surface area contributed by atoms with Gasteiger partial charge in [-0.3, -0.25) is 4.79 Å². The number of hydrogen-bond donors (Lipinski definition) is 1. The molecule has 0 radical (unpaired) electrons. The number of carbonyl (C=O) groups excluding carboxylic acids is 1. The molecule has 2 fully saturated rings. The van der Waals surface area contributed by atoms with Gasteiger partial charge in [-0.2, -0.15) is 0 Å². The summed E-state index contributed by atoms with van der Waals surface area (Å²) in [5.74, 6) is 1.55. The summed E-state index contributed by atoms with van der Waals surface area (Å²) in [5.41, 5.74) is 7.87. The number of nitrogens with zero attached hydrogens (tertiary/aromatic N) is 2. The van der Waals surface area contributed by atoms with Gasteiger partial charge in [0.2, 0.25) is 5.88 Å². The lowest BCUT2D eigenvalue weighted by molar-refractivity contribution is 0.0779. The molecule has 3 unspecified atom stereocenters. The smallest absolute Gasteiger partial charge is 0.254 e. The summed E-state index contributed by atoms with van der Waals surface area (Å²) in [6.07, 6.45) is 3.86. The second-order valence-corrected chi connectivity index (χ2v) is 7.03. The van der Waals surface area contributed by atoms with E-state index in [1.807, 2.05) is 35.2 Å². The van der Waals surface area contributed by atoms with Gasteiger partial charge in [-0.25, -0.2) is 4.98 Å². The third kappa shape index (κ3) is 3.37. The Kier molecular flexibility index (Phi) is 4.40. The largest absolute Gasteiger partial charge is 0.473 e. The number of aromatic nitrogens is 1. The minimum atomic E-state index is 0.0496. The Morgan fingerprint density at radius 1 is 1.20 bits per heavy atom. The number of likely N-dealkylation sites (tertiary alicyclic amines) is 1. The zero-order valence-corrected chi connectivity index (χ0v) is 14.2. The number of hydrogen-bond acceptors (Lipinski definition) is 4. The average Bonchev–Trinajstić information content (AvgIpc) is 3.23. The van der Waals surface area contributed by atoms with Gasteiger partial charge < -0.3 is 15.4 Å². The molecule has 0 spiro atoms. The lowest BCUT2D eigenvalue weighted by Crippen LogP contribution is -2.33. The van der Waals surface area contributed by atoms with Gasteiger partial charge in [-0.1, -0.05) is 30.3 Å². The van der Waals surface area contributed by atoms with Crippen LogP contribution < -0.4 is 10.5 Å². The average molecular weight is 337 g/mol. The second kappa shape index (κ2) is 6.84. The molecule has 5 heteroatoms. The molecule has 2 heterocycles. The van der Waals surface area contributed by atoms with Crippen LogP contribution >= 0.6 is 0 Å². The molecule has 130 valence electrons. The molecule has 0 bridgehead atoms. The third-order valence-corrected chi connectivity index (χ3v) is 5.41. The lowest BCUT2D eigenvalue weighted by Gasteiger charge is -2.19. The van der Waals surface area contributed by atoms with Crippen LogP contribution in [-0.4, -0.2) is 34.9 Å². The Labute approximate surface area is 147 Å². The van der Waals surface area contributed by atoms with Gasteiger partial charge in [0.05, 0.1) is 0 Å². The minimum absolute atomic E-state index is 0.0496. The molecule has 1 saturated carbocycles. The molecule has 1 aromatic carbocycles. The summed E-state index contributed by atoms with van der Waals surface area (Å²) < 4.78 is 5.74. The number of pyridine rings is 1. The van der Waals surface area contributed by atoms with Crippen LogP contribution in [0.3, 0.4) is 0 Å². The molecule has 1 amide bonds. The number of carbonyl (C=O) groups is 1. The highest BCUT2D eigenvalue weighted by Crippen LogP contribution is 2.37. The predicted octanol–water partition coefficient (Wildman–Crippen LogP) is 2.47. The molecule has 4 rings (SSSR count). The van der Waals surface area contributed by atoms with E-state index in [0.717, 1.165) is 31.5 Å². The van der Waals surface area contributed by atoms with E-state index in [1.165, 1.54) is 0 Å². The van der Waals surface area contributed by atoms with Crippen LogP contribution in [-0.2, 0) is 6.61 Å². The first-order chi connectivity index (χ1) is 12.2. The molecular weight excluding hydrogens is 314 g/mol. The molecule has 1 saturated heterocycles. The van der Waals surface area contributed by atoms with Crippen molar-refractivity contribution in [1.29, 1.82) is 0 Å². The van der Waals surface area contributed by atoms with E-state index in [4.69, 9.17) is 10.5 Å². The summed E-state index contributed by atoms with van der Waals surface area (Å²) in [6, 6.07) is 13.7. The Bertz CT molecular complexity index is 750. The highest BCUT2D eigenvalue weighted by atomic mass is 16.5. The Hall–Kier alpha value is -2.40. The van der Waals surface area contributed by atoms with Crippen LogP contribution in [0.25, 0.3) is 0 Å². The number of amides is 1. The second-order valence-electron chi connectivity index (χ2n) is 7.03. The van der Waals surface area contributed by atoms with Crippen LogP contribution in [0.4, 0.5) is 0 Å². The van der Waals surface area contributed by atoms with E-state index >= 15 is 0 Å². The van der Waals surface area contributed by atoms with E-state index in [0.29, 0.717) is 29.9 Å². The zero-order valence-electron chi connectivity index (χ0n) is 14.2. The van der Waals surface area contributed by atoms with E-state index in [2.05, 4.69) is 4.98 Å². The van der Waals surface area contributed by atoms with Gasteiger partial charge in [0.1, 0.15) is 6.61 Å². The Morgan fingerprint density at radius 3 is 2.84 bits per heavy atom. The van der Waals surface area contributed by atoms with Crippen LogP contribution in [0.5, 0.6) is 5.88 Å². The first kappa shape index (κ1) is 16.1. The minimum Gasteiger partial charge on any atom is -0.473 e. The quantitative estimate of drug-likeness (QED) is 0.930. The number of ether oxygens (including phenoxy) is 1. The topological polar surface area (TPSA) is 68.5 Å². The SMILES string of the molecule is NC1CCC2CN(C(=O)c3ccnc(OCc4ccccc4)c3)CC12. The van der Waals surface area contributed by atoms with Gasteiger partial charge in [-0.15, -0.1) is 0 Å². The van der Waals surface area contributed by atoms with Crippen molar-refractivity contribution >= 4 is 5.91 Å². The maximum absolute atomic E-state index is 12.8. The Balaban J connectivity index is 1.42. The molecule has 5 nitrogen and oxygen atoms in total. The molecule has 1 aromatic heterocycles. The fourth-order valence-electron chi connectivity index (χ4n) is 4.01. The van der Waals surface area contributed by atoms with Crippen molar-refractivity contribution in [2.45, 2.75) is 25.5 Å². The standard InChI is InChI=1S/C20H23N3O2/c21-18-7-6-16-11-23(12-17(16)18)20(24)15-8-9-22-19(10-15)25-13-14-4-2-1-3-5-14/h1-5,8-10,16-18H,6-7,11-13,21H2. The summed E-state index contributed by atoms with van der Waals surface area (Å²) in [4.78, 5) is 19.0. The van der Waals surface area contributed by atoms with E-state index in [9.17, 15) is 4.79 Å². The fourth-order valence-corrected chi connectivity index (χ4v) is 4.01. The van der Waals surface area contributed by atoms with Crippen molar-refractivity contribution in [3.8, 4) is 5.88 Å². The van der Waals surface area contributed by atoms with Crippen molar-refractivity contribution in [3.05, 3.63) is 59.8 Å². The van der Waals surface area contributed by atoms with Crippen molar-refractivity contribution in [2.24, 2.45) is 17.6 Å². The number of rotatable bonds is 4. The van der Waals surface area contributed by atoms with Crippen molar-refractivity contribution in [1.82, 2.24) is 9.88 Å². The van der Waals surface area contributed by atoms with Crippen LogP contribution in [0, 0.1) is 11.8 Å². The van der Waals surface area contributed by atoms with Crippen molar-refractivity contribution in [3.63, 3.8) is 0 Å². The molecule has 2 aromatic rings. The first-order valence-electron chi connectivity index (χ1n) is 8.88. The van der Waals surface area contributed by atoms with E-state index in [1.54, 1.807) is 18.3 Å². The van der Waals surface area contributed by atoms with Crippen molar-refractivity contribution < 1.29 is 9.53 Å². The Morgan fingerprint density at radius 2 is 2.04 bits per heavy atom. The molecule has 3 atom stereocenters. The van der Waals surface area contributed by atoms with E-state index < -0.39 is 0 Å². The fraction of sp³-hybridized carbons (Fsp3) is 0.400. The molecular formula is C20H23N3O2. The van der Waals surface area contributed by atoms with Crippen LogP contribution in [0.15, 0.2) is 48.7 Å². The van der Waals surface area contributed by atoms with Crippen LogP contribution in [0.1, 0.15) is 28.8 Å². The van der Waals surface area contributed by atoms with Crippen LogP contribution in [0.2, 0.25) is 0 Å². The highest BCUT2D eigenvalue weighted by molar-refractivity contribution is 5.94. The maximum Gasteiger partial charge on any atom is 0.254 e. The predicted molar refractivity (Wildman–Crippen MR) is 95.1 cm³/mol. The zero-order chi connectivity index (χ0) is 17.2. The van der Waals surface area contributed by atoms with Gasteiger partial charge in [0, 0.05) is 37.0 Å². The van der Waals surface area contributed by atoms with Gasteiger partial charge >= 0.3 is 0 Å². The first-order valence-corrected chi connectivity index (χ1v) is 8.88. The molecule has 2 N–H and O–H groups in total. The number of fused-ring (bicyclic) bond motifs is 1. The maximum atomic E-state index is 12.8. The van der Waals surface area contributed by atoms with Crippen molar-refractivity contribution in [2.75, 3.05) is 13.1 Å². The van der Waals surface area contributed by atoms with Gasteiger partial charge in [0.25, 0.3) is 5.91 Å². The summed E-state index contributed by atoms with van der Waals surface area (Å²) in [6.45, 7) is 2.03. The summed E-state index contributed by atoms with van der Waals surface area (Å²) in [5, 5.41) is 0. The third-order valence-electron chi connectivity index (χ3n) is 5.41. The summed E-state index contributed by atoms with van der Waals surface area (Å²) in [7, 11) is 0. The molecule has 2 aliphatic rings. The number of benzene rings is 1. The van der Waals surface area contributed by atoms with E-state index in [-0.39, 0.29) is 11.9 Å². The molecule has 25 heavy (non-hydrogen) atoms. The molecule has 1 aliphatic carbocycles. The molecule has 1 aliphatic heterocycles.